The van der Waals surface area contributed by atoms with E-state index < -0.39 is 24.7 Å². The Bertz CT molecular complexity index is 2650. The number of para-hydroxylation sites is 1. The van der Waals surface area contributed by atoms with Crippen molar-refractivity contribution in [2.24, 2.45) is 0 Å². The van der Waals surface area contributed by atoms with Gasteiger partial charge < -0.3 is 14.4 Å². The number of nitrogens with zero attached hydrogens (tertiary/aromatic N) is 2. The Kier molecular flexibility index (Phi) is 18.6. The predicted molar refractivity (Wildman–Crippen MR) is 277 cm³/mol. The third kappa shape index (κ3) is 12.2. The van der Waals surface area contributed by atoms with Crippen molar-refractivity contribution in [3.63, 3.8) is 0 Å². The summed E-state index contributed by atoms with van der Waals surface area (Å²) in [5.74, 6) is 2.81. The van der Waals surface area contributed by atoms with Gasteiger partial charge in [-0.3, -0.25) is 0 Å². The topological polar surface area (TPSA) is 34.6 Å². The van der Waals surface area contributed by atoms with Gasteiger partial charge in [-0.05, 0) is 55.1 Å². The zero-order valence-corrected chi connectivity index (χ0v) is 41.2. The molecule has 0 saturated carbocycles. The molecule has 0 N–H and O–H groups in total. The van der Waals surface area contributed by atoms with Gasteiger partial charge in [0.2, 0.25) is 0 Å². The molecule has 1 saturated heterocycles. The van der Waals surface area contributed by atoms with Crippen molar-refractivity contribution < 1.29 is 23.0 Å². The Morgan fingerprint density at radius 2 is 1.36 bits per heavy atom. The summed E-state index contributed by atoms with van der Waals surface area (Å²) in [5.41, 5.74) is 11.5. The molecule has 0 unspecified atom stereocenters. The Balaban J connectivity index is 0.000000147. The number of fused-ring (bicyclic) bond motifs is 1. The number of terminal acetylenes is 1. The number of aryl methyl sites for hydroxylation is 3. The van der Waals surface area contributed by atoms with E-state index in [0.29, 0.717) is 13.2 Å². The Morgan fingerprint density at radius 3 is 1.86 bits per heavy atom. The molecular weight excluding hydrogens is 941 g/mol. The number of ether oxygens (including phenoxy) is 2. The molecule has 0 atom stereocenters. The Morgan fingerprint density at radius 1 is 0.803 bits per heavy atom. The molecule has 2 aliphatic rings. The second kappa shape index (κ2) is 24.7. The summed E-state index contributed by atoms with van der Waals surface area (Å²) in [5, 5.41) is 1.12. The van der Waals surface area contributed by atoms with E-state index in [4.69, 9.17) is 35.3 Å². The van der Waals surface area contributed by atoms with E-state index in [1.54, 1.807) is 12.3 Å². The van der Waals surface area contributed by atoms with Gasteiger partial charge in [-0.15, -0.1) is 13.0 Å². The van der Waals surface area contributed by atoms with Crippen molar-refractivity contribution in [1.82, 2.24) is 4.98 Å². The van der Waals surface area contributed by atoms with E-state index in [2.05, 4.69) is 98.8 Å². The summed E-state index contributed by atoms with van der Waals surface area (Å²) < 4.78 is 14.0. The number of rotatable bonds is 10. The molecule has 0 spiro atoms. The van der Waals surface area contributed by atoms with Crippen LogP contribution in [-0.4, -0.2) is 29.4 Å². The molecule has 2 aliphatic heterocycles. The van der Waals surface area contributed by atoms with Crippen LogP contribution in [0, 0.1) is 39.7 Å². The standard InChI is InChI=1S/2C18H16O.C13H18N.C10H7N.2ClH.Ru/c1-2-15-13-14-19-18(15,16-9-5-3-6-10-16)17-11-7-4-8-12-17;1-3-15-19-18(4-2,16-11-7-5-8-12-16)17-13-9-6-10-14-17;1-10-8-11(2)13(12(3)9-10)14-6-4-5-7-14;1-8-4-2-5-9-6-3-7-11-10(8)9;;;/h2-13H,1,14H2;2-3,5-14H,1,15H2;6,8-9H,4-5,7H2,1-3H3;1-7H;2*1H;/q;;-1;;;;+2/p-2. The van der Waals surface area contributed by atoms with Crippen molar-refractivity contribution in [3.8, 4) is 12.3 Å². The van der Waals surface area contributed by atoms with Gasteiger partial charge in [-0.2, -0.15) is 6.42 Å². The summed E-state index contributed by atoms with van der Waals surface area (Å²) >= 11 is -1.76. The summed E-state index contributed by atoms with van der Waals surface area (Å²) in [6.45, 7) is 18.7. The van der Waals surface area contributed by atoms with Gasteiger partial charge in [0.1, 0.15) is 5.60 Å². The number of hydrogen-bond donors (Lipinski definition) is 0. The Labute approximate surface area is 405 Å². The minimum absolute atomic E-state index is 0.397. The SMILES string of the molecule is C#CC(OCC=C)(c1ccccc1)c1ccccc1.C=CC1=CCOC1(c1ccccc1)c1ccccc1.Cc1cc(C)c(N2[CH-]CCC2)c(C)c1.[Cl][Ru]([Cl])=[CH]c1cccc2cccnc12. The molecule has 4 nitrogen and oxygen atoms in total. The molecule has 0 bridgehead atoms. The molecule has 1 fully saturated rings. The molecule has 0 radical (unpaired) electrons. The van der Waals surface area contributed by atoms with E-state index in [1.807, 2.05) is 138 Å². The first-order valence-electron chi connectivity index (χ1n) is 21.9. The van der Waals surface area contributed by atoms with E-state index >= 15 is 0 Å². The molecule has 0 amide bonds. The second-order valence-corrected chi connectivity index (χ2v) is 21.5. The van der Waals surface area contributed by atoms with Crippen molar-refractivity contribution in [3.05, 3.63) is 258 Å². The zero-order chi connectivity index (χ0) is 46.8. The van der Waals surface area contributed by atoms with Crippen LogP contribution in [0.1, 0.15) is 57.3 Å². The molecule has 9 rings (SSSR count). The number of benzene rings is 6. The quantitative estimate of drug-likeness (QED) is 0.0592. The van der Waals surface area contributed by atoms with Crippen LogP contribution in [0.4, 0.5) is 5.69 Å². The first-order valence-corrected chi connectivity index (χ1v) is 27.4. The van der Waals surface area contributed by atoms with E-state index in [0.717, 1.165) is 44.3 Å². The molecule has 0 aliphatic carbocycles. The fourth-order valence-corrected chi connectivity index (χ4v) is 10.3. The molecule has 6 aromatic carbocycles. The summed E-state index contributed by atoms with van der Waals surface area (Å²) in [6.07, 6.45) is 15.8. The van der Waals surface area contributed by atoms with Gasteiger partial charge in [0, 0.05) is 16.8 Å². The number of halogens is 2. The number of pyridine rings is 1. The molecule has 7 aromatic rings. The van der Waals surface area contributed by atoms with Gasteiger partial charge in [0.05, 0.1) is 13.2 Å². The number of anilines is 1. The van der Waals surface area contributed by atoms with E-state index in [9.17, 15) is 0 Å². The average molecular weight is 998 g/mol. The fourth-order valence-electron chi connectivity index (χ4n) is 8.52. The summed E-state index contributed by atoms with van der Waals surface area (Å²) in [7, 11) is 11.7. The molecule has 7 heteroatoms. The maximum absolute atomic E-state index is 6.15. The third-order valence-electron chi connectivity index (χ3n) is 11.3. The first-order chi connectivity index (χ1) is 32.2. The number of aromatic nitrogens is 1. The third-order valence-corrected chi connectivity index (χ3v) is 13.1. The van der Waals surface area contributed by atoms with E-state index in [-0.39, 0.29) is 0 Å². The van der Waals surface area contributed by atoms with Gasteiger partial charge in [0.15, 0.2) is 5.60 Å². The second-order valence-electron chi connectivity index (χ2n) is 15.7. The number of hydrogen-bond acceptors (Lipinski definition) is 4. The van der Waals surface area contributed by atoms with Crippen molar-refractivity contribution in [1.29, 1.82) is 0 Å². The average Bonchev–Trinajstić information content (AvgIpc) is 4.05. The fraction of sp³-hybridized carbons (Fsp3) is 0.169. The molecule has 1 aromatic heterocycles. The molecule has 338 valence electrons. The van der Waals surface area contributed by atoms with Crippen LogP contribution >= 0.6 is 19.4 Å². The van der Waals surface area contributed by atoms with Crippen molar-refractivity contribution >= 4 is 40.6 Å². The summed E-state index contributed by atoms with van der Waals surface area (Å²) in [6, 6.07) is 54.8. The van der Waals surface area contributed by atoms with Gasteiger partial charge in [-0.1, -0.05) is 176 Å². The van der Waals surface area contributed by atoms with Crippen LogP contribution in [0.2, 0.25) is 0 Å². The molecule has 3 heterocycles. The Hall–Kier alpha value is -5.70. The van der Waals surface area contributed by atoms with Gasteiger partial charge >= 0.3 is 95.5 Å². The summed E-state index contributed by atoms with van der Waals surface area (Å²) in [4.78, 5) is 6.72. The van der Waals surface area contributed by atoms with Crippen LogP contribution in [0.3, 0.4) is 0 Å². The van der Waals surface area contributed by atoms with Gasteiger partial charge in [0.25, 0.3) is 0 Å². The molecule has 66 heavy (non-hydrogen) atoms. The van der Waals surface area contributed by atoms with Gasteiger partial charge in [-0.25, -0.2) is 6.54 Å². The molecular formula is C59H57Cl2N2O2Ru-. The normalized spacial score (nSPS) is 13.8. The van der Waals surface area contributed by atoms with Crippen molar-refractivity contribution in [2.45, 2.75) is 44.8 Å². The van der Waals surface area contributed by atoms with E-state index in [1.165, 1.54) is 41.8 Å². The van der Waals surface area contributed by atoms with Crippen LogP contribution in [0.15, 0.2) is 207 Å². The van der Waals surface area contributed by atoms with Crippen LogP contribution in [0.25, 0.3) is 10.9 Å². The van der Waals surface area contributed by atoms with Crippen LogP contribution in [0.5, 0.6) is 0 Å². The van der Waals surface area contributed by atoms with Crippen LogP contribution < -0.4 is 4.90 Å². The van der Waals surface area contributed by atoms with Crippen LogP contribution in [-0.2, 0) is 34.2 Å². The first kappa shape index (κ1) is 49.7. The minimum atomic E-state index is -1.76. The zero-order valence-electron chi connectivity index (χ0n) is 37.9. The van der Waals surface area contributed by atoms with Crippen molar-refractivity contribution in [2.75, 3.05) is 24.7 Å². The predicted octanol–water partition coefficient (Wildman–Crippen LogP) is 14.5. The monoisotopic (exact) mass is 997 g/mol. The maximum atomic E-state index is 6.15.